The zero-order valence-corrected chi connectivity index (χ0v) is 11.9. The van der Waals surface area contributed by atoms with Crippen LogP contribution in [0, 0.1) is 5.92 Å². The molecule has 0 spiro atoms. The van der Waals surface area contributed by atoms with E-state index in [1.54, 1.807) is 0 Å². The van der Waals surface area contributed by atoms with Crippen molar-refractivity contribution in [1.82, 2.24) is 4.98 Å². The Morgan fingerprint density at radius 3 is 3.05 bits per heavy atom. The Morgan fingerprint density at radius 2 is 2.25 bits per heavy atom. The fourth-order valence-corrected chi connectivity index (χ4v) is 3.05. The molecule has 1 aromatic heterocycles. The number of carbonyl (C=O) groups excluding carboxylic acids is 1. The number of carbonyl (C=O) groups is 1. The smallest absolute Gasteiger partial charge is 0.153 e. The van der Waals surface area contributed by atoms with Crippen LogP contribution >= 0.6 is 0 Å². The Hall–Kier alpha value is -1.90. The normalized spacial score (nSPS) is 19.2. The number of pyridine rings is 1. The minimum absolute atomic E-state index is 0.709. The fourth-order valence-electron chi connectivity index (χ4n) is 3.05. The van der Waals surface area contributed by atoms with E-state index in [9.17, 15) is 4.79 Å². The van der Waals surface area contributed by atoms with E-state index in [1.807, 2.05) is 30.3 Å². The van der Waals surface area contributed by atoms with Gasteiger partial charge in [0.2, 0.25) is 0 Å². The molecule has 0 N–H and O–H groups in total. The number of nitrogens with zero attached hydrogens (tertiary/aromatic N) is 2. The molecule has 1 aromatic carbocycles. The third-order valence-electron chi connectivity index (χ3n) is 4.26. The van der Waals surface area contributed by atoms with Gasteiger partial charge in [0.25, 0.3) is 0 Å². The number of anilines is 1. The summed E-state index contributed by atoms with van der Waals surface area (Å²) in [4.78, 5) is 18.4. The molecular formula is C17H20N2O. The molecule has 1 fully saturated rings. The predicted octanol–water partition coefficient (Wildman–Crippen LogP) is 3.67. The van der Waals surface area contributed by atoms with Crippen molar-refractivity contribution in [3.63, 3.8) is 0 Å². The van der Waals surface area contributed by atoms with Crippen LogP contribution < -0.4 is 4.90 Å². The summed E-state index contributed by atoms with van der Waals surface area (Å²) in [7, 11) is 0. The van der Waals surface area contributed by atoms with E-state index in [4.69, 9.17) is 4.98 Å². The van der Waals surface area contributed by atoms with Gasteiger partial charge in [0.15, 0.2) is 6.29 Å². The monoisotopic (exact) mass is 268 g/mol. The molecule has 1 aliphatic heterocycles. The number of piperidine rings is 1. The van der Waals surface area contributed by atoms with E-state index in [0.29, 0.717) is 5.56 Å². The van der Waals surface area contributed by atoms with Crippen LogP contribution in [-0.4, -0.2) is 24.4 Å². The van der Waals surface area contributed by atoms with Crippen molar-refractivity contribution in [3.05, 3.63) is 35.9 Å². The second-order valence-corrected chi connectivity index (χ2v) is 5.57. The van der Waals surface area contributed by atoms with Crippen molar-refractivity contribution in [1.29, 1.82) is 0 Å². The zero-order chi connectivity index (χ0) is 13.9. The molecule has 1 aliphatic rings. The molecule has 1 unspecified atom stereocenters. The van der Waals surface area contributed by atoms with E-state index in [1.165, 1.54) is 19.3 Å². The third kappa shape index (κ3) is 2.40. The number of hydrogen-bond donors (Lipinski definition) is 0. The van der Waals surface area contributed by atoms with Crippen LogP contribution in [0.3, 0.4) is 0 Å². The summed E-state index contributed by atoms with van der Waals surface area (Å²) < 4.78 is 0. The lowest BCUT2D eigenvalue weighted by Crippen LogP contribution is -2.36. The molecule has 2 aromatic rings. The number of rotatable bonds is 3. The van der Waals surface area contributed by atoms with Crippen LogP contribution in [0.15, 0.2) is 30.3 Å². The van der Waals surface area contributed by atoms with Gasteiger partial charge in [-0.2, -0.15) is 0 Å². The Bertz CT molecular complexity index is 623. The van der Waals surface area contributed by atoms with Crippen molar-refractivity contribution < 1.29 is 4.79 Å². The highest BCUT2D eigenvalue weighted by Gasteiger charge is 2.21. The van der Waals surface area contributed by atoms with Gasteiger partial charge >= 0.3 is 0 Å². The third-order valence-corrected chi connectivity index (χ3v) is 4.26. The summed E-state index contributed by atoms with van der Waals surface area (Å²) in [5.41, 5.74) is 1.67. The number of aromatic nitrogens is 1. The lowest BCUT2D eigenvalue weighted by atomic mass is 9.95. The molecule has 3 rings (SSSR count). The van der Waals surface area contributed by atoms with Crippen LogP contribution in [0.2, 0.25) is 0 Å². The first-order valence-electron chi connectivity index (χ1n) is 7.41. The summed E-state index contributed by atoms with van der Waals surface area (Å²) >= 11 is 0. The van der Waals surface area contributed by atoms with E-state index in [-0.39, 0.29) is 0 Å². The first kappa shape index (κ1) is 13.1. The van der Waals surface area contributed by atoms with Crippen molar-refractivity contribution in [2.75, 3.05) is 18.0 Å². The van der Waals surface area contributed by atoms with E-state index < -0.39 is 0 Å². The number of benzene rings is 1. The van der Waals surface area contributed by atoms with Gasteiger partial charge < -0.3 is 4.90 Å². The maximum absolute atomic E-state index is 11.4. The van der Waals surface area contributed by atoms with Gasteiger partial charge in [0.1, 0.15) is 5.82 Å². The van der Waals surface area contributed by atoms with Gasteiger partial charge in [-0.3, -0.25) is 4.79 Å². The SMILES string of the molecule is CCC1CCCN(c2nc3ccccc3cc2C=O)C1. The number of aldehydes is 1. The van der Waals surface area contributed by atoms with Crippen LogP contribution in [-0.2, 0) is 0 Å². The fraction of sp³-hybridized carbons (Fsp3) is 0.412. The second-order valence-electron chi connectivity index (χ2n) is 5.57. The van der Waals surface area contributed by atoms with Crippen molar-refractivity contribution in [3.8, 4) is 0 Å². The summed E-state index contributed by atoms with van der Waals surface area (Å²) in [5, 5.41) is 1.03. The van der Waals surface area contributed by atoms with Crippen molar-refractivity contribution in [2.45, 2.75) is 26.2 Å². The molecule has 0 aliphatic carbocycles. The van der Waals surface area contributed by atoms with E-state index >= 15 is 0 Å². The highest BCUT2D eigenvalue weighted by Crippen LogP contribution is 2.27. The number of hydrogen-bond acceptors (Lipinski definition) is 3. The van der Waals surface area contributed by atoms with Crippen LogP contribution in [0.4, 0.5) is 5.82 Å². The summed E-state index contributed by atoms with van der Waals surface area (Å²) in [6.45, 7) is 4.26. The molecule has 20 heavy (non-hydrogen) atoms. The van der Waals surface area contributed by atoms with Gasteiger partial charge in [0.05, 0.1) is 11.1 Å². The number of para-hydroxylation sites is 1. The minimum Gasteiger partial charge on any atom is -0.356 e. The highest BCUT2D eigenvalue weighted by atomic mass is 16.1. The summed E-state index contributed by atoms with van der Waals surface area (Å²) in [6, 6.07) is 9.94. The Kier molecular flexibility index (Phi) is 3.68. The first-order valence-corrected chi connectivity index (χ1v) is 7.41. The topological polar surface area (TPSA) is 33.2 Å². The number of fused-ring (bicyclic) bond motifs is 1. The molecular weight excluding hydrogens is 248 g/mol. The molecule has 0 bridgehead atoms. The lowest BCUT2D eigenvalue weighted by Gasteiger charge is -2.33. The molecule has 104 valence electrons. The maximum atomic E-state index is 11.4. The van der Waals surface area contributed by atoms with Crippen LogP contribution in [0.1, 0.15) is 36.5 Å². The highest BCUT2D eigenvalue weighted by molar-refractivity contribution is 5.91. The summed E-state index contributed by atoms with van der Waals surface area (Å²) in [5.74, 6) is 1.58. The molecule has 2 heterocycles. The molecule has 1 saturated heterocycles. The zero-order valence-electron chi connectivity index (χ0n) is 11.9. The molecule has 0 saturated carbocycles. The van der Waals surface area contributed by atoms with E-state index in [2.05, 4.69) is 11.8 Å². The average molecular weight is 268 g/mol. The van der Waals surface area contributed by atoms with Crippen LogP contribution in [0.25, 0.3) is 10.9 Å². The lowest BCUT2D eigenvalue weighted by molar-refractivity contribution is 0.112. The Morgan fingerprint density at radius 1 is 1.40 bits per heavy atom. The molecule has 3 heteroatoms. The van der Waals surface area contributed by atoms with Gasteiger partial charge in [-0.15, -0.1) is 0 Å². The minimum atomic E-state index is 0.709. The van der Waals surface area contributed by atoms with Crippen molar-refractivity contribution in [2.24, 2.45) is 5.92 Å². The van der Waals surface area contributed by atoms with Gasteiger partial charge in [-0.1, -0.05) is 31.5 Å². The van der Waals surface area contributed by atoms with Gasteiger partial charge in [0, 0.05) is 18.5 Å². The van der Waals surface area contributed by atoms with Crippen LogP contribution in [0.5, 0.6) is 0 Å². The maximum Gasteiger partial charge on any atom is 0.153 e. The first-order chi connectivity index (χ1) is 9.81. The van der Waals surface area contributed by atoms with Crippen molar-refractivity contribution >= 4 is 23.0 Å². The van der Waals surface area contributed by atoms with Gasteiger partial charge in [-0.25, -0.2) is 4.98 Å². The Labute approximate surface area is 119 Å². The summed E-state index contributed by atoms with van der Waals surface area (Å²) in [6.07, 6.45) is 4.60. The average Bonchev–Trinajstić information content (AvgIpc) is 2.53. The molecule has 1 atom stereocenters. The Balaban J connectivity index is 2.02. The van der Waals surface area contributed by atoms with Gasteiger partial charge in [-0.05, 0) is 30.9 Å². The van der Waals surface area contributed by atoms with E-state index in [0.717, 1.165) is 42.0 Å². The standard InChI is InChI=1S/C17H20N2O/c1-2-13-6-5-9-19(11-13)17-15(12-20)10-14-7-3-4-8-16(14)18-17/h3-4,7-8,10,12-13H,2,5-6,9,11H2,1H3. The molecule has 0 amide bonds. The second kappa shape index (κ2) is 5.61. The molecule has 0 radical (unpaired) electrons. The molecule has 3 nitrogen and oxygen atoms in total. The largest absolute Gasteiger partial charge is 0.356 e. The predicted molar refractivity (Wildman–Crippen MR) is 82.4 cm³/mol. The quantitative estimate of drug-likeness (QED) is 0.796.